The van der Waals surface area contributed by atoms with Crippen molar-refractivity contribution in [2.24, 2.45) is 0 Å². The van der Waals surface area contributed by atoms with E-state index in [1.165, 1.54) is 17.3 Å². The molecule has 134 valence electrons. The normalized spacial score (nSPS) is 13.4. The smallest absolute Gasteiger partial charge is 0.237 e. The van der Waals surface area contributed by atoms with Gasteiger partial charge in [0.1, 0.15) is 0 Å². The minimum absolute atomic E-state index is 0.0952. The molecule has 1 aliphatic heterocycles. The van der Waals surface area contributed by atoms with Crippen LogP contribution in [-0.2, 0) is 11.2 Å². The van der Waals surface area contributed by atoms with Gasteiger partial charge >= 0.3 is 0 Å². The lowest BCUT2D eigenvalue weighted by molar-refractivity contribution is -0.116. The van der Waals surface area contributed by atoms with Crippen molar-refractivity contribution in [2.45, 2.75) is 31.5 Å². The van der Waals surface area contributed by atoms with Gasteiger partial charge in [-0.05, 0) is 44.0 Å². The zero-order chi connectivity index (χ0) is 18.1. The van der Waals surface area contributed by atoms with E-state index >= 15 is 0 Å². The molecular formula is C19H20N4O2S. The van der Waals surface area contributed by atoms with Gasteiger partial charge in [0.15, 0.2) is 10.9 Å². The summed E-state index contributed by atoms with van der Waals surface area (Å²) in [6.07, 6.45) is 2.53. The Balaban J connectivity index is 1.51. The first-order valence-electron chi connectivity index (χ1n) is 8.65. The number of anilines is 1. The van der Waals surface area contributed by atoms with E-state index in [-0.39, 0.29) is 11.9 Å². The molecule has 0 aliphatic carbocycles. The molecule has 0 bridgehead atoms. The van der Waals surface area contributed by atoms with Crippen molar-refractivity contribution < 1.29 is 9.21 Å². The third-order valence-electron chi connectivity index (χ3n) is 4.44. The highest BCUT2D eigenvalue weighted by atomic mass is 32.2. The quantitative estimate of drug-likeness (QED) is 0.641. The van der Waals surface area contributed by atoms with Crippen LogP contribution in [0.4, 0.5) is 5.69 Å². The van der Waals surface area contributed by atoms with E-state index in [4.69, 9.17) is 4.42 Å². The molecule has 0 atom stereocenters. The maximum absolute atomic E-state index is 12.7. The number of hydrogen-bond acceptors (Lipinski definition) is 5. The second-order valence-electron chi connectivity index (χ2n) is 6.46. The Bertz CT molecular complexity index is 918. The van der Waals surface area contributed by atoms with Gasteiger partial charge in [-0.25, -0.2) is 0 Å². The van der Waals surface area contributed by atoms with E-state index in [9.17, 15) is 4.79 Å². The van der Waals surface area contributed by atoms with Gasteiger partial charge in [0, 0.05) is 18.3 Å². The summed E-state index contributed by atoms with van der Waals surface area (Å²) in [6, 6.07) is 11.9. The fraction of sp³-hybridized carbons (Fsp3) is 0.316. The Morgan fingerprint density at radius 1 is 1.23 bits per heavy atom. The SMILES string of the molecule is CC(C)n1c(SCC(=O)N2CCc3ccccc32)nnc1-c1ccco1. The Morgan fingerprint density at radius 3 is 2.85 bits per heavy atom. The molecule has 0 spiro atoms. The van der Waals surface area contributed by atoms with Crippen LogP contribution in [0.25, 0.3) is 11.6 Å². The maximum Gasteiger partial charge on any atom is 0.237 e. The number of furan rings is 1. The summed E-state index contributed by atoms with van der Waals surface area (Å²) in [7, 11) is 0. The third kappa shape index (κ3) is 3.03. The summed E-state index contributed by atoms with van der Waals surface area (Å²) in [4.78, 5) is 14.6. The number of aromatic nitrogens is 3. The Kier molecular flexibility index (Phi) is 4.55. The molecule has 0 unspecified atom stereocenters. The van der Waals surface area contributed by atoms with Crippen LogP contribution < -0.4 is 4.90 Å². The molecule has 1 aromatic carbocycles. The van der Waals surface area contributed by atoms with E-state index < -0.39 is 0 Å². The summed E-state index contributed by atoms with van der Waals surface area (Å²) >= 11 is 1.42. The molecule has 0 saturated heterocycles. The zero-order valence-corrected chi connectivity index (χ0v) is 15.6. The molecule has 1 amide bonds. The summed E-state index contributed by atoms with van der Waals surface area (Å²) in [6.45, 7) is 4.88. The number of carbonyl (C=O) groups excluding carboxylic acids is 1. The predicted octanol–water partition coefficient (Wildman–Crippen LogP) is 3.80. The second-order valence-corrected chi connectivity index (χ2v) is 7.40. The van der Waals surface area contributed by atoms with Gasteiger partial charge in [0.2, 0.25) is 11.7 Å². The number of thioether (sulfide) groups is 1. The Hall–Kier alpha value is -2.54. The number of nitrogens with zero attached hydrogens (tertiary/aromatic N) is 4. The number of carbonyl (C=O) groups is 1. The molecule has 1 aliphatic rings. The highest BCUT2D eigenvalue weighted by Crippen LogP contribution is 2.31. The highest BCUT2D eigenvalue weighted by Gasteiger charge is 2.25. The van der Waals surface area contributed by atoms with Crippen molar-refractivity contribution in [3.8, 4) is 11.6 Å². The molecule has 26 heavy (non-hydrogen) atoms. The van der Waals surface area contributed by atoms with E-state index in [1.54, 1.807) is 6.26 Å². The molecule has 2 aromatic heterocycles. The number of benzene rings is 1. The van der Waals surface area contributed by atoms with Gasteiger partial charge in [0.05, 0.1) is 12.0 Å². The van der Waals surface area contributed by atoms with Crippen molar-refractivity contribution >= 4 is 23.4 Å². The van der Waals surface area contributed by atoms with Gasteiger partial charge < -0.3 is 9.32 Å². The standard InChI is InChI=1S/C19H20N4O2S/c1-13(2)23-18(16-8-5-11-25-16)20-21-19(23)26-12-17(24)22-10-9-14-6-3-4-7-15(14)22/h3-8,11,13H,9-10,12H2,1-2H3. The molecule has 7 heteroatoms. The first kappa shape index (κ1) is 16.9. The summed E-state index contributed by atoms with van der Waals surface area (Å²) in [5.41, 5.74) is 2.26. The molecule has 4 rings (SSSR count). The van der Waals surface area contributed by atoms with Gasteiger partial charge in [-0.2, -0.15) is 0 Å². The number of amides is 1. The number of rotatable bonds is 5. The van der Waals surface area contributed by atoms with E-state index in [1.807, 2.05) is 39.8 Å². The maximum atomic E-state index is 12.7. The largest absolute Gasteiger partial charge is 0.461 e. The molecule has 6 nitrogen and oxygen atoms in total. The number of para-hydroxylation sites is 1. The van der Waals surface area contributed by atoms with Gasteiger partial charge in [0.25, 0.3) is 0 Å². The van der Waals surface area contributed by atoms with E-state index in [2.05, 4.69) is 30.1 Å². The molecule has 3 heterocycles. The Labute approximate surface area is 156 Å². The third-order valence-corrected chi connectivity index (χ3v) is 5.36. The lowest BCUT2D eigenvalue weighted by atomic mass is 10.2. The predicted molar refractivity (Wildman–Crippen MR) is 101 cm³/mol. The summed E-state index contributed by atoms with van der Waals surface area (Å²) < 4.78 is 7.47. The fourth-order valence-electron chi connectivity index (χ4n) is 3.22. The number of fused-ring (bicyclic) bond motifs is 1. The van der Waals surface area contributed by atoms with Crippen LogP contribution in [0.3, 0.4) is 0 Å². The Morgan fingerprint density at radius 2 is 2.08 bits per heavy atom. The van der Waals surface area contributed by atoms with Crippen LogP contribution >= 0.6 is 11.8 Å². The second kappa shape index (κ2) is 6.99. The van der Waals surface area contributed by atoms with Crippen molar-refractivity contribution in [1.29, 1.82) is 0 Å². The van der Waals surface area contributed by atoms with Crippen molar-refractivity contribution in [3.05, 3.63) is 48.2 Å². The van der Waals surface area contributed by atoms with Crippen LogP contribution in [0, 0.1) is 0 Å². The molecule has 3 aromatic rings. The monoisotopic (exact) mass is 368 g/mol. The van der Waals surface area contributed by atoms with Crippen molar-refractivity contribution in [1.82, 2.24) is 14.8 Å². The average molecular weight is 368 g/mol. The minimum Gasteiger partial charge on any atom is -0.461 e. The molecule has 0 fully saturated rings. The lowest BCUT2D eigenvalue weighted by Crippen LogP contribution is -2.30. The molecule has 0 N–H and O–H groups in total. The van der Waals surface area contributed by atoms with Crippen molar-refractivity contribution in [3.63, 3.8) is 0 Å². The van der Waals surface area contributed by atoms with Crippen LogP contribution in [0.2, 0.25) is 0 Å². The van der Waals surface area contributed by atoms with Crippen LogP contribution in [-0.4, -0.2) is 33.0 Å². The van der Waals surface area contributed by atoms with Gasteiger partial charge in [-0.3, -0.25) is 9.36 Å². The lowest BCUT2D eigenvalue weighted by Gasteiger charge is -2.17. The van der Waals surface area contributed by atoms with Crippen LogP contribution in [0.1, 0.15) is 25.5 Å². The molecular weight excluding hydrogens is 348 g/mol. The first-order chi connectivity index (χ1) is 12.6. The fourth-order valence-corrected chi connectivity index (χ4v) is 4.16. The van der Waals surface area contributed by atoms with Gasteiger partial charge in [-0.1, -0.05) is 30.0 Å². The first-order valence-corrected chi connectivity index (χ1v) is 9.63. The molecule has 0 saturated carbocycles. The minimum atomic E-state index is 0.0952. The topological polar surface area (TPSA) is 64.2 Å². The average Bonchev–Trinajstić information content (AvgIpc) is 3.37. The molecule has 0 radical (unpaired) electrons. The van der Waals surface area contributed by atoms with Crippen molar-refractivity contribution in [2.75, 3.05) is 17.2 Å². The van der Waals surface area contributed by atoms with Crippen LogP contribution in [0.5, 0.6) is 0 Å². The number of hydrogen-bond donors (Lipinski definition) is 0. The van der Waals surface area contributed by atoms with Crippen LogP contribution in [0.15, 0.2) is 52.2 Å². The van der Waals surface area contributed by atoms with E-state index in [0.29, 0.717) is 17.3 Å². The van der Waals surface area contributed by atoms with Gasteiger partial charge in [-0.15, -0.1) is 10.2 Å². The summed E-state index contributed by atoms with van der Waals surface area (Å²) in [5, 5.41) is 9.28. The highest BCUT2D eigenvalue weighted by molar-refractivity contribution is 7.99. The van der Waals surface area contributed by atoms with E-state index in [0.717, 1.165) is 23.8 Å². The summed E-state index contributed by atoms with van der Waals surface area (Å²) in [5.74, 6) is 1.79. The zero-order valence-electron chi connectivity index (χ0n) is 14.8.